The summed E-state index contributed by atoms with van der Waals surface area (Å²) in [5, 5.41) is 0. The molecule has 0 saturated carbocycles. The lowest BCUT2D eigenvalue weighted by Crippen LogP contribution is -2.36. The predicted octanol–water partition coefficient (Wildman–Crippen LogP) is 2.92. The predicted molar refractivity (Wildman–Crippen MR) is 76.1 cm³/mol. The van der Waals surface area contributed by atoms with E-state index in [2.05, 4.69) is 0 Å². The summed E-state index contributed by atoms with van der Waals surface area (Å²) in [5.74, 6) is 0.0424. The second-order valence-electron chi connectivity index (χ2n) is 3.92. The van der Waals surface area contributed by atoms with Gasteiger partial charge in [-0.3, -0.25) is 0 Å². The van der Waals surface area contributed by atoms with Crippen molar-refractivity contribution in [3.8, 4) is 11.5 Å². The lowest BCUT2D eigenvalue weighted by atomic mass is 10.1. The van der Waals surface area contributed by atoms with Crippen LogP contribution in [0.4, 0.5) is 0 Å². The largest absolute Gasteiger partial charge is 0.493 e. The fraction of sp³-hybridized carbons (Fsp3) is 0.600. The monoisotopic (exact) mass is 284 g/mol. The molecule has 5 nitrogen and oxygen atoms in total. The van der Waals surface area contributed by atoms with Gasteiger partial charge in [0.25, 0.3) is 0 Å². The van der Waals surface area contributed by atoms with Gasteiger partial charge in [0.15, 0.2) is 11.5 Å². The molecular weight excluding hydrogens is 260 g/mol. The molecule has 0 N–H and O–H groups in total. The van der Waals surface area contributed by atoms with Crippen molar-refractivity contribution in [2.45, 2.75) is 26.7 Å². The van der Waals surface area contributed by atoms with Crippen LogP contribution in [-0.2, 0) is 20.2 Å². The zero-order valence-electron chi connectivity index (χ0n) is 12.9. The summed E-state index contributed by atoms with van der Waals surface area (Å²) in [7, 11) is 3.18. The molecule has 0 bridgehead atoms. The number of hydrogen-bond acceptors (Lipinski definition) is 5. The van der Waals surface area contributed by atoms with E-state index in [1.165, 1.54) is 0 Å². The highest BCUT2D eigenvalue weighted by Crippen LogP contribution is 2.35. The van der Waals surface area contributed by atoms with Gasteiger partial charge in [0.05, 0.1) is 14.2 Å². The molecular formula is C15H24O5. The molecule has 0 spiro atoms. The summed E-state index contributed by atoms with van der Waals surface area (Å²) in [4.78, 5) is 0. The summed E-state index contributed by atoms with van der Waals surface area (Å²) in [6.07, 6.45) is 0. The van der Waals surface area contributed by atoms with Crippen molar-refractivity contribution in [3.63, 3.8) is 0 Å². The molecule has 0 fully saturated rings. The fourth-order valence-electron chi connectivity index (χ4n) is 1.97. The minimum atomic E-state index is -1.21. The molecule has 0 amide bonds. The first-order valence-corrected chi connectivity index (χ1v) is 6.81. The summed E-state index contributed by atoms with van der Waals surface area (Å²) >= 11 is 0. The summed E-state index contributed by atoms with van der Waals surface area (Å²) in [5.41, 5.74) is 0.737. The molecule has 0 atom stereocenters. The Bertz CT molecular complexity index is 388. The molecule has 0 radical (unpaired) electrons. The van der Waals surface area contributed by atoms with E-state index >= 15 is 0 Å². The number of methoxy groups -OCH3 is 2. The van der Waals surface area contributed by atoms with Gasteiger partial charge in [0.1, 0.15) is 0 Å². The van der Waals surface area contributed by atoms with E-state index in [0.29, 0.717) is 31.3 Å². The lowest BCUT2D eigenvalue weighted by molar-refractivity contribution is -0.389. The third kappa shape index (κ3) is 3.62. The van der Waals surface area contributed by atoms with Gasteiger partial charge in [-0.2, -0.15) is 0 Å². The molecule has 114 valence electrons. The van der Waals surface area contributed by atoms with Crippen LogP contribution in [0.2, 0.25) is 0 Å². The molecule has 0 aromatic heterocycles. The van der Waals surface area contributed by atoms with Crippen molar-refractivity contribution in [3.05, 3.63) is 23.8 Å². The van der Waals surface area contributed by atoms with Crippen LogP contribution in [0.3, 0.4) is 0 Å². The highest BCUT2D eigenvalue weighted by molar-refractivity contribution is 5.43. The highest BCUT2D eigenvalue weighted by atomic mass is 16.9. The average Bonchev–Trinajstić information content (AvgIpc) is 2.47. The molecule has 1 rings (SSSR count). The van der Waals surface area contributed by atoms with Crippen LogP contribution in [0, 0.1) is 0 Å². The Morgan fingerprint density at radius 3 is 1.70 bits per heavy atom. The molecule has 0 aliphatic carbocycles. The smallest absolute Gasteiger partial charge is 0.312 e. The van der Waals surface area contributed by atoms with Crippen LogP contribution < -0.4 is 9.47 Å². The Hall–Kier alpha value is -1.30. The van der Waals surface area contributed by atoms with E-state index in [1.807, 2.05) is 26.8 Å². The lowest BCUT2D eigenvalue weighted by Gasteiger charge is -2.32. The van der Waals surface area contributed by atoms with Crippen LogP contribution in [0.25, 0.3) is 0 Å². The van der Waals surface area contributed by atoms with Crippen molar-refractivity contribution in [2.75, 3.05) is 34.0 Å². The Labute approximate surface area is 120 Å². The highest BCUT2D eigenvalue weighted by Gasteiger charge is 2.36. The Morgan fingerprint density at radius 2 is 1.30 bits per heavy atom. The van der Waals surface area contributed by atoms with Crippen molar-refractivity contribution in [1.29, 1.82) is 0 Å². The van der Waals surface area contributed by atoms with Crippen LogP contribution in [0.5, 0.6) is 11.5 Å². The van der Waals surface area contributed by atoms with Crippen LogP contribution in [-0.4, -0.2) is 34.0 Å². The normalized spacial score (nSPS) is 11.4. The Morgan fingerprint density at radius 1 is 0.800 bits per heavy atom. The molecule has 1 aromatic rings. The van der Waals surface area contributed by atoms with E-state index in [9.17, 15) is 0 Å². The van der Waals surface area contributed by atoms with Crippen molar-refractivity contribution in [2.24, 2.45) is 0 Å². The third-order valence-electron chi connectivity index (χ3n) is 2.74. The second kappa shape index (κ2) is 8.09. The summed E-state index contributed by atoms with van der Waals surface area (Å²) in [6, 6.07) is 5.46. The number of ether oxygens (including phenoxy) is 5. The molecule has 1 aromatic carbocycles. The van der Waals surface area contributed by atoms with Crippen molar-refractivity contribution in [1.82, 2.24) is 0 Å². The maximum Gasteiger partial charge on any atom is 0.312 e. The van der Waals surface area contributed by atoms with Gasteiger partial charge in [-0.1, -0.05) is 0 Å². The van der Waals surface area contributed by atoms with Gasteiger partial charge in [0, 0.05) is 25.4 Å². The van der Waals surface area contributed by atoms with Gasteiger partial charge < -0.3 is 23.7 Å². The first-order chi connectivity index (χ1) is 9.67. The van der Waals surface area contributed by atoms with E-state index in [0.717, 1.165) is 5.56 Å². The topological polar surface area (TPSA) is 46.2 Å². The van der Waals surface area contributed by atoms with Crippen LogP contribution >= 0.6 is 0 Å². The van der Waals surface area contributed by atoms with Gasteiger partial charge in [-0.15, -0.1) is 0 Å². The minimum absolute atomic E-state index is 0.467. The number of rotatable bonds is 9. The maximum atomic E-state index is 5.73. The van der Waals surface area contributed by atoms with Crippen LogP contribution in [0.15, 0.2) is 18.2 Å². The molecule has 0 saturated heterocycles. The van der Waals surface area contributed by atoms with Crippen LogP contribution in [0.1, 0.15) is 26.3 Å². The van der Waals surface area contributed by atoms with Gasteiger partial charge in [-0.05, 0) is 39.0 Å². The molecule has 0 unspecified atom stereocenters. The minimum Gasteiger partial charge on any atom is -0.493 e. The van der Waals surface area contributed by atoms with Gasteiger partial charge in [-0.25, -0.2) is 0 Å². The fourth-order valence-corrected chi connectivity index (χ4v) is 1.97. The zero-order valence-corrected chi connectivity index (χ0v) is 12.9. The molecule has 0 aliphatic rings. The quantitative estimate of drug-likeness (QED) is 0.652. The average molecular weight is 284 g/mol. The van der Waals surface area contributed by atoms with E-state index in [-0.39, 0.29) is 0 Å². The SMILES string of the molecule is CCOC(OCC)(OCC)c1ccc(OC)c(OC)c1. The van der Waals surface area contributed by atoms with Crippen molar-refractivity contribution >= 4 is 0 Å². The number of benzene rings is 1. The Kier molecular flexibility index (Phi) is 6.78. The maximum absolute atomic E-state index is 5.73. The molecule has 5 heteroatoms. The first-order valence-electron chi connectivity index (χ1n) is 6.81. The first kappa shape index (κ1) is 16.8. The molecule has 0 heterocycles. The van der Waals surface area contributed by atoms with E-state index < -0.39 is 5.97 Å². The standard InChI is InChI=1S/C15H24O5/c1-6-18-15(19-7-2,20-8-3)12-9-10-13(16-4)14(11-12)17-5/h9-11H,6-8H2,1-5H3. The Balaban J connectivity index is 3.24. The van der Waals surface area contributed by atoms with E-state index in [1.54, 1.807) is 26.4 Å². The summed E-state index contributed by atoms with van der Waals surface area (Å²) < 4.78 is 27.7. The van der Waals surface area contributed by atoms with E-state index in [4.69, 9.17) is 23.7 Å². The van der Waals surface area contributed by atoms with Gasteiger partial charge in [0.2, 0.25) is 0 Å². The summed E-state index contributed by atoms with van der Waals surface area (Å²) in [6.45, 7) is 7.09. The zero-order chi connectivity index (χ0) is 15.0. The van der Waals surface area contributed by atoms with Crippen molar-refractivity contribution < 1.29 is 23.7 Å². The van der Waals surface area contributed by atoms with Gasteiger partial charge >= 0.3 is 5.97 Å². The molecule has 20 heavy (non-hydrogen) atoms. The molecule has 0 aliphatic heterocycles. The second-order valence-corrected chi connectivity index (χ2v) is 3.92. The third-order valence-corrected chi connectivity index (χ3v) is 2.74. The number of hydrogen-bond donors (Lipinski definition) is 0.